The summed E-state index contributed by atoms with van der Waals surface area (Å²) in [4.78, 5) is 25.9. The van der Waals surface area contributed by atoms with Crippen LogP contribution in [-0.4, -0.2) is 33.9 Å². The fourth-order valence-corrected chi connectivity index (χ4v) is 5.30. The van der Waals surface area contributed by atoms with Crippen molar-refractivity contribution in [2.45, 2.75) is 26.3 Å². The predicted octanol–water partition coefficient (Wildman–Crippen LogP) is 5.05. The van der Waals surface area contributed by atoms with Crippen LogP contribution < -0.4 is 5.32 Å². The van der Waals surface area contributed by atoms with E-state index in [2.05, 4.69) is 52.5 Å². The van der Waals surface area contributed by atoms with E-state index in [4.69, 9.17) is 0 Å². The summed E-state index contributed by atoms with van der Waals surface area (Å²) >= 11 is 1.68. The maximum atomic E-state index is 12.8. The van der Waals surface area contributed by atoms with E-state index < -0.39 is 0 Å². The summed E-state index contributed by atoms with van der Waals surface area (Å²) in [6, 6.07) is 18.7. The lowest BCUT2D eigenvalue weighted by atomic mass is 10.00. The van der Waals surface area contributed by atoms with Crippen molar-refractivity contribution in [3.8, 4) is 11.1 Å². The van der Waals surface area contributed by atoms with E-state index in [-0.39, 0.29) is 5.91 Å². The van der Waals surface area contributed by atoms with Gasteiger partial charge in [-0.1, -0.05) is 54.6 Å². The number of benzene rings is 2. The second-order valence-electron chi connectivity index (χ2n) is 7.81. The zero-order valence-electron chi connectivity index (χ0n) is 17.5. The Balaban J connectivity index is 1.31. The zero-order valence-corrected chi connectivity index (χ0v) is 18.3. The lowest BCUT2D eigenvalue weighted by molar-refractivity contribution is -0.131. The quantitative estimate of drug-likeness (QED) is 0.483. The minimum Gasteiger partial charge on any atom is -0.369 e. The summed E-state index contributed by atoms with van der Waals surface area (Å²) in [6.45, 7) is 4.16. The standard InChI is InChI=1S/C25H24N4OS/c1-17-22(19-8-3-2-4-9-19)23-24(27-16-28-25(23)31-17)26-13-11-21(30)29-14-12-18-7-5-6-10-20(18)15-29/h2-10,16H,11-15H2,1H3,(H,26,27,28). The molecule has 0 fully saturated rings. The molecule has 2 aromatic carbocycles. The van der Waals surface area contributed by atoms with E-state index >= 15 is 0 Å². The molecular weight excluding hydrogens is 404 g/mol. The fourth-order valence-electron chi connectivity index (χ4n) is 4.29. The molecule has 0 saturated heterocycles. The van der Waals surface area contributed by atoms with Gasteiger partial charge in [-0.05, 0) is 30.0 Å². The van der Waals surface area contributed by atoms with Gasteiger partial charge in [0.25, 0.3) is 0 Å². The average Bonchev–Trinajstić information content (AvgIpc) is 3.15. The maximum Gasteiger partial charge on any atom is 0.224 e. The first-order valence-corrected chi connectivity index (χ1v) is 11.4. The minimum absolute atomic E-state index is 0.178. The summed E-state index contributed by atoms with van der Waals surface area (Å²) < 4.78 is 0. The molecule has 5 nitrogen and oxygen atoms in total. The Morgan fingerprint density at radius 2 is 1.84 bits per heavy atom. The van der Waals surface area contributed by atoms with Crippen molar-refractivity contribution >= 4 is 33.3 Å². The number of hydrogen-bond acceptors (Lipinski definition) is 5. The summed E-state index contributed by atoms with van der Waals surface area (Å²) in [5, 5.41) is 4.45. The number of thiophene rings is 1. The lowest BCUT2D eigenvalue weighted by Crippen LogP contribution is -2.36. The van der Waals surface area contributed by atoms with E-state index in [1.165, 1.54) is 21.6 Å². The molecular formula is C25H24N4OS. The van der Waals surface area contributed by atoms with Crippen molar-refractivity contribution in [3.63, 3.8) is 0 Å². The van der Waals surface area contributed by atoms with Crippen LogP contribution in [-0.2, 0) is 17.8 Å². The Kier molecular flexibility index (Phi) is 5.38. The number of carbonyl (C=O) groups excluding carboxylic acids is 1. The Morgan fingerprint density at radius 3 is 2.68 bits per heavy atom. The number of anilines is 1. The Morgan fingerprint density at radius 1 is 1.06 bits per heavy atom. The third-order valence-corrected chi connectivity index (χ3v) is 6.85. The molecule has 0 radical (unpaired) electrons. The summed E-state index contributed by atoms with van der Waals surface area (Å²) in [5.74, 6) is 0.974. The van der Waals surface area contributed by atoms with Gasteiger partial charge in [0.05, 0.1) is 5.39 Å². The van der Waals surface area contributed by atoms with Crippen LogP contribution in [0.25, 0.3) is 21.3 Å². The predicted molar refractivity (Wildman–Crippen MR) is 126 cm³/mol. The van der Waals surface area contributed by atoms with Crippen LogP contribution in [0.1, 0.15) is 22.4 Å². The molecule has 1 aliphatic rings. The van der Waals surface area contributed by atoms with Gasteiger partial charge >= 0.3 is 0 Å². The molecule has 1 N–H and O–H groups in total. The van der Waals surface area contributed by atoms with Gasteiger partial charge in [0.2, 0.25) is 5.91 Å². The molecule has 0 bridgehead atoms. The fraction of sp³-hybridized carbons (Fsp3) is 0.240. The van der Waals surface area contributed by atoms with Crippen molar-refractivity contribution in [1.29, 1.82) is 0 Å². The number of nitrogens with zero attached hydrogens (tertiary/aromatic N) is 3. The summed E-state index contributed by atoms with van der Waals surface area (Å²) in [5.41, 5.74) is 4.94. The monoisotopic (exact) mass is 428 g/mol. The highest BCUT2D eigenvalue weighted by Crippen LogP contribution is 2.40. The van der Waals surface area contributed by atoms with Crippen LogP contribution in [0.5, 0.6) is 0 Å². The van der Waals surface area contributed by atoms with Crippen LogP contribution in [0.3, 0.4) is 0 Å². The maximum absolute atomic E-state index is 12.8. The lowest BCUT2D eigenvalue weighted by Gasteiger charge is -2.29. The van der Waals surface area contributed by atoms with E-state index in [0.29, 0.717) is 19.5 Å². The molecule has 0 spiro atoms. The number of fused-ring (bicyclic) bond motifs is 2. The van der Waals surface area contributed by atoms with Gasteiger partial charge in [0, 0.05) is 36.5 Å². The average molecular weight is 429 g/mol. The Bertz CT molecular complexity index is 1230. The van der Waals surface area contributed by atoms with E-state index in [9.17, 15) is 4.79 Å². The van der Waals surface area contributed by atoms with Gasteiger partial charge in [-0.15, -0.1) is 11.3 Å². The zero-order chi connectivity index (χ0) is 21.2. The molecule has 31 heavy (non-hydrogen) atoms. The molecule has 156 valence electrons. The van der Waals surface area contributed by atoms with E-state index in [1.807, 2.05) is 29.2 Å². The smallest absolute Gasteiger partial charge is 0.224 e. The van der Waals surface area contributed by atoms with Crippen LogP contribution in [0.4, 0.5) is 5.82 Å². The highest BCUT2D eigenvalue weighted by atomic mass is 32.1. The van der Waals surface area contributed by atoms with Crippen LogP contribution in [0.2, 0.25) is 0 Å². The van der Waals surface area contributed by atoms with Gasteiger partial charge in [-0.25, -0.2) is 9.97 Å². The Hall–Kier alpha value is -3.25. The number of aryl methyl sites for hydroxylation is 1. The van der Waals surface area contributed by atoms with Gasteiger partial charge in [-0.3, -0.25) is 4.79 Å². The third kappa shape index (κ3) is 3.91. The topological polar surface area (TPSA) is 58.1 Å². The van der Waals surface area contributed by atoms with Crippen molar-refractivity contribution in [3.05, 3.63) is 76.9 Å². The van der Waals surface area contributed by atoms with E-state index in [0.717, 1.165) is 34.6 Å². The number of hydrogen-bond donors (Lipinski definition) is 1. The van der Waals surface area contributed by atoms with Crippen molar-refractivity contribution in [2.75, 3.05) is 18.4 Å². The highest BCUT2D eigenvalue weighted by Gasteiger charge is 2.21. The van der Waals surface area contributed by atoms with Gasteiger partial charge < -0.3 is 10.2 Å². The van der Waals surface area contributed by atoms with Crippen molar-refractivity contribution in [1.82, 2.24) is 14.9 Å². The van der Waals surface area contributed by atoms with Crippen LogP contribution >= 0.6 is 11.3 Å². The van der Waals surface area contributed by atoms with Gasteiger partial charge in [0.1, 0.15) is 17.0 Å². The molecule has 1 amide bonds. The first kappa shape index (κ1) is 19.7. The molecule has 0 saturated carbocycles. The Labute approximate surface area is 185 Å². The highest BCUT2D eigenvalue weighted by molar-refractivity contribution is 7.19. The molecule has 1 aliphatic heterocycles. The number of carbonyl (C=O) groups is 1. The number of rotatable bonds is 5. The first-order valence-electron chi connectivity index (χ1n) is 10.6. The second kappa shape index (κ2) is 8.47. The molecule has 4 aromatic rings. The molecule has 0 atom stereocenters. The minimum atomic E-state index is 0.178. The molecule has 5 rings (SSSR count). The summed E-state index contributed by atoms with van der Waals surface area (Å²) in [6.07, 6.45) is 2.96. The number of aromatic nitrogens is 2. The van der Waals surface area contributed by atoms with Crippen LogP contribution in [0, 0.1) is 6.92 Å². The second-order valence-corrected chi connectivity index (χ2v) is 9.02. The van der Waals surface area contributed by atoms with Crippen molar-refractivity contribution < 1.29 is 4.79 Å². The molecule has 6 heteroatoms. The van der Waals surface area contributed by atoms with Gasteiger partial charge in [-0.2, -0.15) is 0 Å². The number of nitrogens with one attached hydrogen (secondary N) is 1. The first-order chi connectivity index (χ1) is 15.2. The third-order valence-electron chi connectivity index (χ3n) is 5.84. The molecule has 0 unspecified atom stereocenters. The van der Waals surface area contributed by atoms with E-state index in [1.54, 1.807) is 17.7 Å². The SMILES string of the molecule is Cc1sc2ncnc(NCCC(=O)N3CCc4ccccc4C3)c2c1-c1ccccc1. The normalized spacial score (nSPS) is 13.3. The largest absolute Gasteiger partial charge is 0.369 e. The molecule has 3 heterocycles. The van der Waals surface area contributed by atoms with Gasteiger partial charge in [0.15, 0.2) is 0 Å². The molecule has 2 aromatic heterocycles. The summed E-state index contributed by atoms with van der Waals surface area (Å²) in [7, 11) is 0. The van der Waals surface area contributed by atoms with Crippen molar-refractivity contribution in [2.24, 2.45) is 0 Å². The molecule has 0 aliphatic carbocycles. The number of amides is 1. The van der Waals surface area contributed by atoms with Crippen LogP contribution in [0.15, 0.2) is 60.9 Å².